The lowest BCUT2D eigenvalue weighted by molar-refractivity contribution is 0.413. The zero-order valence-corrected chi connectivity index (χ0v) is 14.1. The van der Waals surface area contributed by atoms with Crippen LogP contribution in [-0.2, 0) is 6.42 Å². The van der Waals surface area contributed by atoms with Crippen molar-refractivity contribution >= 4 is 11.3 Å². The van der Waals surface area contributed by atoms with Gasteiger partial charge in [0.15, 0.2) is 0 Å². The fourth-order valence-electron chi connectivity index (χ4n) is 2.33. The molecule has 0 aliphatic heterocycles. The molecular formula is C19H19FN2S. The predicted octanol–water partition coefficient (Wildman–Crippen LogP) is 4.72. The van der Waals surface area contributed by atoms with E-state index in [4.69, 9.17) is 0 Å². The number of nitrogens with zero attached hydrogens (tertiary/aromatic N) is 2. The van der Waals surface area contributed by atoms with Crippen LogP contribution in [0.4, 0.5) is 4.39 Å². The van der Waals surface area contributed by atoms with E-state index in [-0.39, 0.29) is 5.82 Å². The van der Waals surface area contributed by atoms with Gasteiger partial charge in [-0.2, -0.15) is 0 Å². The number of thiazole rings is 1. The first-order chi connectivity index (χ1) is 11.1. The van der Waals surface area contributed by atoms with Crippen LogP contribution in [0.1, 0.15) is 5.56 Å². The summed E-state index contributed by atoms with van der Waals surface area (Å²) in [6.45, 7) is 1.05. The first-order valence-electron chi connectivity index (χ1n) is 7.57. The summed E-state index contributed by atoms with van der Waals surface area (Å²) < 4.78 is 13.0. The van der Waals surface area contributed by atoms with Crippen LogP contribution in [0.15, 0.2) is 53.9 Å². The molecule has 0 atom stereocenters. The molecule has 23 heavy (non-hydrogen) atoms. The summed E-state index contributed by atoms with van der Waals surface area (Å²) in [5.41, 5.74) is 4.36. The largest absolute Gasteiger partial charge is 0.309 e. The van der Waals surface area contributed by atoms with Crippen LogP contribution >= 0.6 is 11.3 Å². The van der Waals surface area contributed by atoms with E-state index in [1.165, 1.54) is 17.7 Å². The van der Waals surface area contributed by atoms with Crippen LogP contribution in [-0.4, -0.2) is 30.5 Å². The standard InChI is InChI=1S/C19H19FN2S/c1-22(2)12-11-14-3-5-15(6-4-14)18-13-23-19(21-18)16-7-9-17(20)10-8-16/h3-10,13H,11-12H2,1-2H3. The molecule has 0 bridgehead atoms. The summed E-state index contributed by atoms with van der Waals surface area (Å²) in [6, 6.07) is 15.0. The Hall–Kier alpha value is -2.04. The molecule has 1 aromatic heterocycles. The van der Waals surface area contributed by atoms with Gasteiger partial charge in [0.05, 0.1) is 5.69 Å². The molecule has 0 spiro atoms. The second kappa shape index (κ2) is 7.02. The van der Waals surface area contributed by atoms with Crippen molar-refractivity contribution in [1.29, 1.82) is 0 Å². The molecule has 2 aromatic carbocycles. The number of halogens is 1. The fraction of sp³-hybridized carbons (Fsp3) is 0.211. The van der Waals surface area contributed by atoms with Gasteiger partial charge in [-0.3, -0.25) is 0 Å². The molecule has 0 aliphatic rings. The zero-order valence-electron chi connectivity index (χ0n) is 13.3. The number of likely N-dealkylation sites (N-methyl/N-ethyl adjacent to an activating group) is 1. The van der Waals surface area contributed by atoms with E-state index in [1.807, 2.05) is 5.38 Å². The van der Waals surface area contributed by atoms with E-state index in [1.54, 1.807) is 23.5 Å². The summed E-state index contributed by atoms with van der Waals surface area (Å²) in [5.74, 6) is -0.223. The lowest BCUT2D eigenvalue weighted by Gasteiger charge is -2.09. The third-order valence-corrected chi connectivity index (χ3v) is 4.58. The normalized spacial score (nSPS) is 11.1. The third kappa shape index (κ3) is 4.03. The van der Waals surface area contributed by atoms with Crippen molar-refractivity contribution in [3.8, 4) is 21.8 Å². The molecule has 0 N–H and O–H groups in total. The van der Waals surface area contributed by atoms with Crippen molar-refractivity contribution in [3.05, 3.63) is 65.3 Å². The van der Waals surface area contributed by atoms with Gasteiger partial charge >= 0.3 is 0 Å². The Morgan fingerprint density at radius 3 is 2.26 bits per heavy atom. The average molecular weight is 326 g/mol. The second-order valence-electron chi connectivity index (χ2n) is 5.79. The molecule has 0 amide bonds. The average Bonchev–Trinajstić information content (AvgIpc) is 3.04. The first-order valence-corrected chi connectivity index (χ1v) is 8.45. The summed E-state index contributed by atoms with van der Waals surface area (Å²) in [4.78, 5) is 6.86. The number of benzene rings is 2. The molecule has 0 aliphatic carbocycles. The molecule has 118 valence electrons. The highest BCUT2D eigenvalue weighted by Crippen LogP contribution is 2.29. The molecular weight excluding hydrogens is 307 g/mol. The van der Waals surface area contributed by atoms with E-state index in [0.29, 0.717) is 0 Å². The van der Waals surface area contributed by atoms with Gasteiger partial charge in [0.2, 0.25) is 0 Å². The molecule has 2 nitrogen and oxygen atoms in total. The van der Waals surface area contributed by atoms with Crippen LogP contribution in [0.3, 0.4) is 0 Å². The topological polar surface area (TPSA) is 16.1 Å². The molecule has 4 heteroatoms. The van der Waals surface area contributed by atoms with Gasteiger partial charge in [0.25, 0.3) is 0 Å². The van der Waals surface area contributed by atoms with Crippen LogP contribution in [0.5, 0.6) is 0 Å². The number of hydrogen-bond acceptors (Lipinski definition) is 3. The van der Waals surface area contributed by atoms with Crippen LogP contribution in [0, 0.1) is 5.82 Å². The lowest BCUT2D eigenvalue weighted by atomic mass is 10.1. The van der Waals surface area contributed by atoms with Crippen molar-refractivity contribution in [2.75, 3.05) is 20.6 Å². The Morgan fingerprint density at radius 2 is 1.61 bits per heavy atom. The second-order valence-corrected chi connectivity index (χ2v) is 6.65. The van der Waals surface area contributed by atoms with Crippen molar-refractivity contribution in [2.45, 2.75) is 6.42 Å². The van der Waals surface area contributed by atoms with Crippen molar-refractivity contribution < 1.29 is 4.39 Å². The third-order valence-electron chi connectivity index (χ3n) is 3.69. The highest BCUT2D eigenvalue weighted by Gasteiger charge is 2.07. The van der Waals surface area contributed by atoms with E-state index >= 15 is 0 Å². The predicted molar refractivity (Wildman–Crippen MR) is 95.2 cm³/mol. The van der Waals surface area contributed by atoms with Gasteiger partial charge < -0.3 is 4.90 Å². The van der Waals surface area contributed by atoms with Gasteiger partial charge in [-0.15, -0.1) is 11.3 Å². The fourth-order valence-corrected chi connectivity index (χ4v) is 3.16. The summed E-state index contributed by atoms with van der Waals surface area (Å²) >= 11 is 1.58. The molecule has 3 aromatic rings. The molecule has 0 fully saturated rings. The maximum Gasteiger partial charge on any atom is 0.124 e. The maximum atomic E-state index is 13.0. The Kier molecular flexibility index (Phi) is 4.84. The van der Waals surface area contributed by atoms with E-state index in [9.17, 15) is 4.39 Å². The van der Waals surface area contributed by atoms with Gasteiger partial charge in [0.1, 0.15) is 10.8 Å². The number of rotatable bonds is 5. The summed E-state index contributed by atoms with van der Waals surface area (Å²) in [6.07, 6.45) is 1.05. The maximum absolute atomic E-state index is 13.0. The molecule has 3 rings (SSSR count). The van der Waals surface area contributed by atoms with Gasteiger partial charge in [-0.25, -0.2) is 9.37 Å². The van der Waals surface area contributed by atoms with E-state index in [0.717, 1.165) is 34.8 Å². The van der Waals surface area contributed by atoms with Crippen LogP contribution in [0.2, 0.25) is 0 Å². The van der Waals surface area contributed by atoms with Gasteiger partial charge in [0, 0.05) is 23.1 Å². The Bertz CT molecular complexity index is 761. The Labute approximate surface area is 140 Å². The van der Waals surface area contributed by atoms with Crippen molar-refractivity contribution in [3.63, 3.8) is 0 Å². The Balaban J connectivity index is 1.76. The van der Waals surface area contributed by atoms with Gasteiger partial charge in [-0.05, 0) is 50.3 Å². The van der Waals surface area contributed by atoms with Crippen LogP contribution < -0.4 is 0 Å². The quantitative estimate of drug-likeness (QED) is 0.674. The van der Waals surface area contributed by atoms with Gasteiger partial charge in [-0.1, -0.05) is 24.3 Å². The smallest absolute Gasteiger partial charge is 0.124 e. The summed E-state index contributed by atoms with van der Waals surface area (Å²) in [7, 11) is 4.17. The Morgan fingerprint density at radius 1 is 0.957 bits per heavy atom. The number of aromatic nitrogens is 1. The minimum atomic E-state index is -0.223. The SMILES string of the molecule is CN(C)CCc1ccc(-c2csc(-c3ccc(F)cc3)n2)cc1. The van der Waals surface area contributed by atoms with Crippen molar-refractivity contribution in [1.82, 2.24) is 9.88 Å². The molecule has 0 saturated heterocycles. The molecule has 1 heterocycles. The molecule has 0 radical (unpaired) electrons. The highest BCUT2D eigenvalue weighted by atomic mass is 32.1. The van der Waals surface area contributed by atoms with E-state index in [2.05, 4.69) is 48.2 Å². The minimum absolute atomic E-state index is 0.223. The molecule has 0 saturated carbocycles. The monoisotopic (exact) mass is 326 g/mol. The highest BCUT2D eigenvalue weighted by molar-refractivity contribution is 7.13. The minimum Gasteiger partial charge on any atom is -0.309 e. The molecule has 0 unspecified atom stereocenters. The number of hydrogen-bond donors (Lipinski definition) is 0. The lowest BCUT2D eigenvalue weighted by Crippen LogP contribution is -2.14. The zero-order chi connectivity index (χ0) is 16.2. The van der Waals surface area contributed by atoms with Crippen LogP contribution in [0.25, 0.3) is 21.8 Å². The first kappa shape index (κ1) is 15.8. The van der Waals surface area contributed by atoms with E-state index < -0.39 is 0 Å². The van der Waals surface area contributed by atoms with Crippen molar-refractivity contribution in [2.24, 2.45) is 0 Å². The summed E-state index contributed by atoms with van der Waals surface area (Å²) in [5, 5.41) is 2.96.